The molecule has 280 valence electrons. The highest BCUT2D eigenvalue weighted by Crippen LogP contribution is 2.53. The maximum atomic E-state index is 2.61. The number of allylic oxidation sites excluding steroid dienone is 1. The van der Waals surface area contributed by atoms with Crippen LogP contribution in [0.2, 0.25) is 0 Å². The quantitative estimate of drug-likeness (QED) is 0.155. The van der Waals surface area contributed by atoms with E-state index >= 15 is 0 Å². The SMILES string of the molecule is C(=C1\Cc2cc3c4cccc5c4n(c3cc2-c2ccccc21)-c1cccc2c1B5c1cccc3c4c5c(ccc4n-2c13)C(c1ccccc1)c1ccccc1-5)/c1ccccc1. The van der Waals surface area contributed by atoms with Gasteiger partial charge in [-0.2, -0.15) is 0 Å². The van der Waals surface area contributed by atoms with Crippen LogP contribution < -0.4 is 16.4 Å². The number of aromatic nitrogens is 2. The molecule has 0 saturated carbocycles. The van der Waals surface area contributed by atoms with E-state index in [9.17, 15) is 0 Å². The smallest absolute Gasteiger partial charge is 0.252 e. The highest BCUT2D eigenvalue weighted by molar-refractivity contribution is 7.00. The van der Waals surface area contributed by atoms with Gasteiger partial charge in [0, 0.05) is 49.9 Å². The van der Waals surface area contributed by atoms with E-state index in [4.69, 9.17) is 0 Å². The third kappa shape index (κ3) is 4.04. The van der Waals surface area contributed by atoms with Crippen molar-refractivity contribution in [3.05, 3.63) is 221 Å². The summed E-state index contributed by atoms with van der Waals surface area (Å²) < 4.78 is 5.23. The molecule has 2 nitrogen and oxygen atoms in total. The lowest BCUT2D eigenvalue weighted by molar-refractivity contribution is 1.02. The molecular weight excluding hydrogens is 735 g/mol. The molecule has 4 heterocycles. The molecule has 2 aliphatic heterocycles. The Morgan fingerprint density at radius 1 is 0.475 bits per heavy atom. The number of nitrogens with zero attached hydrogens (tertiary/aromatic N) is 2. The van der Waals surface area contributed by atoms with E-state index in [1.165, 1.54) is 133 Å². The van der Waals surface area contributed by atoms with Crippen LogP contribution in [0.15, 0.2) is 188 Å². The van der Waals surface area contributed by atoms with Gasteiger partial charge in [-0.05, 0) is 114 Å². The highest BCUT2D eigenvalue weighted by atomic mass is 15.0. The van der Waals surface area contributed by atoms with Gasteiger partial charge in [-0.15, -0.1) is 0 Å². The normalized spacial score (nSPS) is 15.6. The summed E-state index contributed by atoms with van der Waals surface area (Å²) in [7, 11) is 0. The van der Waals surface area contributed by atoms with Crippen LogP contribution >= 0.6 is 0 Å². The summed E-state index contributed by atoms with van der Waals surface area (Å²) in [4.78, 5) is 0. The average molecular weight is 771 g/mol. The fourth-order valence-electron chi connectivity index (χ4n) is 12.3. The largest absolute Gasteiger partial charge is 0.310 e. The maximum absolute atomic E-state index is 2.61. The van der Waals surface area contributed by atoms with Crippen molar-refractivity contribution in [1.29, 1.82) is 0 Å². The second kappa shape index (κ2) is 11.6. The fraction of sp³-hybridized carbons (Fsp3) is 0.0345. The Morgan fingerprint density at radius 3 is 1.93 bits per heavy atom. The topological polar surface area (TPSA) is 9.86 Å². The van der Waals surface area contributed by atoms with Crippen LogP contribution in [-0.4, -0.2) is 15.8 Å². The first kappa shape index (κ1) is 32.3. The van der Waals surface area contributed by atoms with Gasteiger partial charge in [-0.1, -0.05) is 164 Å². The lowest BCUT2D eigenvalue weighted by Gasteiger charge is -2.33. The molecule has 61 heavy (non-hydrogen) atoms. The van der Waals surface area contributed by atoms with Gasteiger partial charge < -0.3 is 9.13 Å². The number of hydrogen-bond acceptors (Lipinski definition) is 0. The number of benzene rings is 9. The van der Waals surface area contributed by atoms with Gasteiger partial charge >= 0.3 is 0 Å². The number of rotatable bonds is 2. The third-order valence-corrected chi connectivity index (χ3v) is 14.6. The predicted octanol–water partition coefficient (Wildman–Crippen LogP) is 11.9. The summed E-state index contributed by atoms with van der Waals surface area (Å²) >= 11 is 0. The highest BCUT2D eigenvalue weighted by Gasteiger charge is 2.42. The molecule has 2 aliphatic carbocycles. The Bertz CT molecular complexity index is 3790. The third-order valence-electron chi connectivity index (χ3n) is 14.6. The molecule has 0 N–H and O–H groups in total. The second-order valence-electron chi connectivity index (χ2n) is 17.5. The Morgan fingerprint density at radius 2 is 1.13 bits per heavy atom. The monoisotopic (exact) mass is 770 g/mol. The van der Waals surface area contributed by atoms with E-state index < -0.39 is 0 Å². The van der Waals surface area contributed by atoms with Gasteiger partial charge in [0.1, 0.15) is 0 Å². The maximum Gasteiger partial charge on any atom is 0.252 e. The molecule has 0 bridgehead atoms. The number of hydrogen-bond donors (Lipinski definition) is 0. The van der Waals surface area contributed by atoms with Gasteiger partial charge in [0.2, 0.25) is 0 Å². The van der Waals surface area contributed by atoms with Crippen LogP contribution in [0.25, 0.3) is 88.9 Å². The van der Waals surface area contributed by atoms with Crippen LogP contribution in [0.1, 0.15) is 39.3 Å². The van der Waals surface area contributed by atoms with Crippen molar-refractivity contribution >= 4 is 78.4 Å². The first-order chi connectivity index (χ1) is 30.3. The molecule has 9 aromatic carbocycles. The van der Waals surface area contributed by atoms with Gasteiger partial charge in [0.25, 0.3) is 6.71 Å². The molecule has 0 saturated heterocycles. The van der Waals surface area contributed by atoms with Crippen molar-refractivity contribution in [2.45, 2.75) is 12.3 Å². The summed E-state index contributed by atoms with van der Waals surface area (Å²) in [6.45, 7) is 0.111. The van der Waals surface area contributed by atoms with E-state index in [0.717, 1.165) is 6.42 Å². The number of fused-ring (bicyclic) bond motifs is 17. The second-order valence-corrected chi connectivity index (χ2v) is 17.5. The minimum Gasteiger partial charge on any atom is -0.310 e. The summed E-state index contributed by atoms with van der Waals surface area (Å²) in [5.41, 5.74) is 26.9. The lowest BCUT2D eigenvalue weighted by atomic mass is 9.34. The molecule has 0 fully saturated rings. The van der Waals surface area contributed by atoms with Gasteiger partial charge in [-0.25, -0.2) is 0 Å². The molecule has 1 unspecified atom stereocenters. The van der Waals surface area contributed by atoms with Crippen LogP contribution in [0, 0.1) is 0 Å². The molecule has 1 atom stereocenters. The van der Waals surface area contributed by atoms with Gasteiger partial charge in [0.15, 0.2) is 0 Å². The van der Waals surface area contributed by atoms with Crippen molar-refractivity contribution in [1.82, 2.24) is 9.13 Å². The molecule has 4 aliphatic rings. The Labute approximate surface area is 353 Å². The first-order valence-electron chi connectivity index (χ1n) is 21.6. The van der Waals surface area contributed by atoms with Crippen molar-refractivity contribution in [3.8, 4) is 33.6 Å². The predicted molar refractivity (Wildman–Crippen MR) is 256 cm³/mol. The summed E-state index contributed by atoms with van der Waals surface area (Å²) in [5, 5.41) is 5.37. The average Bonchev–Trinajstić information content (AvgIpc) is 3.96. The van der Waals surface area contributed by atoms with Gasteiger partial charge in [0.05, 0.1) is 11.0 Å². The van der Waals surface area contributed by atoms with Crippen molar-refractivity contribution < 1.29 is 0 Å². The zero-order chi connectivity index (χ0) is 39.5. The van der Waals surface area contributed by atoms with Crippen LogP contribution in [0.3, 0.4) is 0 Å². The molecule has 0 spiro atoms. The zero-order valence-electron chi connectivity index (χ0n) is 33.2. The van der Waals surface area contributed by atoms with Crippen molar-refractivity contribution in [2.24, 2.45) is 0 Å². The molecule has 2 aromatic heterocycles. The van der Waals surface area contributed by atoms with Crippen LogP contribution in [-0.2, 0) is 6.42 Å². The van der Waals surface area contributed by atoms with Crippen molar-refractivity contribution in [2.75, 3.05) is 0 Å². The Kier molecular flexibility index (Phi) is 6.11. The summed E-state index contributed by atoms with van der Waals surface area (Å²) in [6, 6.07) is 71.1. The van der Waals surface area contributed by atoms with Crippen molar-refractivity contribution in [3.63, 3.8) is 0 Å². The van der Waals surface area contributed by atoms with E-state index in [1.807, 2.05) is 0 Å². The molecule has 3 heteroatoms. The minimum atomic E-state index is 0.111. The Balaban J connectivity index is 1.00. The van der Waals surface area contributed by atoms with Gasteiger partial charge in [-0.3, -0.25) is 0 Å². The standard InChI is InChI=1S/C58H35BN2/c1-3-14-34(15-4-1)30-36-31-37-32-46-42-22-11-24-47-57(42)61(52(46)33-45(37)39-19-8-7-18-38(36)39)51-27-13-26-50-56(51)59(47)48-25-12-23-44-55-49(60(50)58(44)48)29-28-43-53(35-16-5-2-6-17-35)40-20-9-10-21-41(40)54(43)55/h1-30,32-33,53H,31H2/b36-30-. The first-order valence-corrected chi connectivity index (χ1v) is 21.6. The zero-order valence-corrected chi connectivity index (χ0v) is 33.2. The number of para-hydroxylation sites is 2. The summed E-state index contributed by atoms with van der Waals surface area (Å²) in [6.07, 6.45) is 3.28. The van der Waals surface area contributed by atoms with Crippen LogP contribution in [0.4, 0.5) is 0 Å². The fourth-order valence-corrected chi connectivity index (χ4v) is 12.3. The van der Waals surface area contributed by atoms with E-state index in [-0.39, 0.29) is 12.6 Å². The Hall–Kier alpha value is -7.62. The minimum absolute atomic E-state index is 0.111. The van der Waals surface area contributed by atoms with E-state index in [1.54, 1.807) is 0 Å². The molecule has 0 radical (unpaired) electrons. The molecule has 15 rings (SSSR count). The van der Waals surface area contributed by atoms with Crippen LogP contribution in [0.5, 0.6) is 0 Å². The van der Waals surface area contributed by atoms with E-state index in [2.05, 4.69) is 203 Å². The molecular formula is C58H35BN2. The molecule has 11 aromatic rings. The molecule has 0 amide bonds. The summed E-state index contributed by atoms with van der Waals surface area (Å²) in [5.74, 6) is 0.207. The van der Waals surface area contributed by atoms with E-state index in [0.29, 0.717) is 0 Å². The lowest BCUT2D eigenvalue weighted by Crippen LogP contribution is -2.59.